The lowest BCUT2D eigenvalue weighted by Gasteiger charge is -2.37. The van der Waals surface area contributed by atoms with E-state index in [1.54, 1.807) is 0 Å². The lowest BCUT2D eigenvalue weighted by atomic mass is 10.1. The van der Waals surface area contributed by atoms with Gasteiger partial charge in [-0.25, -0.2) is 0 Å². The highest BCUT2D eigenvalue weighted by Crippen LogP contribution is 2.21. The number of aliphatic imine (C=N–C) groups is 1. The molecule has 2 fully saturated rings. The molecule has 0 radical (unpaired) electrons. The van der Waals surface area contributed by atoms with E-state index in [1.165, 1.54) is 5.56 Å². The Bertz CT molecular complexity index is 596. The number of ether oxygens (including phenoxy) is 3. The van der Waals surface area contributed by atoms with Crippen molar-refractivity contribution in [3.8, 4) is 0 Å². The van der Waals surface area contributed by atoms with Crippen LogP contribution in [0.2, 0.25) is 0 Å². The quantitative estimate of drug-likeness (QED) is 0.247. The van der Waals surface area contributed by atoms with Crippen LogP contribution >= 0.6 is 24.0 Å². The Morgan fingerprint density at radius 2 is 2.03 bits per heavy atom. The highest BCUT2D eigenvalue weighted by Gasteiger charge is 2.32. The third-order valence-electron chi connectivity index (χ3n) is 5.31. The summed E-state index contributed by atoms with van der Waals surface area (Å²) >= 11 is 0. The van der Waals surface area contributed by atoms with Crippen LogP contribution in [0, 0.1) is 0 Å². The van der Waals surface area contributed by atoms with Gasteiger partial charge in [0.25, 0.3) is 0 Å². The van der Waals surface area contributed by atoms with Crippen LogP contribution in [0.1, 0.15) is 44.8 Å². The van der Waals surface area contributed by atoms with Gasteiger partial charge >= 0.3 is 0 Å². The molecule has 2 aliphatic rings. The first-order chi connectivity index (χ1) is 13.8. The zero-order valence-corrected chi connectivity index (χ0v) is 20.0. The Morgan fingerprint density at radius 1 is 1.24 bits per heavy atom. The highest BCUT2D eigenvalue weighted by molar-refractivity contribution is 14.0. The molecule has 0 saturated carbocycles. The van der Waals surface area contributed by atoms with Crippen LogP contribution in [-0.4, -0.2) is 69.1 Å². The molecule has 2 aliphatic heterocycles. The van der Waals surface area contributed by atoms with Crippen LogP contribution in [0.25, 0.3) is 0 Å². The van der Waals surface area contributed by atoms with E-state index in [9.17, 15) is 0 Å². The molecule has 0 spiro atoms. The molecule has 29 heavy (non-hydrogen) atoms. The van der Waals surface area contributed by atoms with Gasteiger partial charge in [-0.3, -0.25) is 4.99 Å². The summed E-state index contributed by atoms with van der Waals surface area (Å²) in [4.78, 5) is 7.14. The molecule has 3 unspecified atom stereocenters. The number of guanidine groups is 1. The van der Waals surface area contributed by atoms with E-state index in [0.717, 1.165) is 64.6 Å². The maximum absolute atomic E-state index is 5.96. The standard InChI is InChI=1S/C22H35N3O3.HI/c1-3-23-22(25-13-16-28-21(17-25)20-11-7-14-27-20)24-12-8-15-26-18(2)19-9-5-4-6-10-19;/h4-6,9-10,18,20-21H,3,7-8,11-17H2,1-2H3,(H,23,24);1H. The Labute approximate surface area is 192 Å². The second kappa shape index (κ2) is 13.4. The average molecular weight is 517 g/mol. The predicted molar refractivity (Wildman–Crippen MR) is 127 cm³/mol. The molecular weight excluding hydrogens is 481 g/mol. The number of nitrogens with one attached hydrogen (secondary N) is 1. The first-order valence-corrected chi connectivity index (χ1v) is 10.7. The molecule has 6 nitrogen and oxygen atoms in total. The SMILES string of the molecule is CCNC(=NCCCOC(C)c1ccccc1)N1CCOC(C2CCCO2)C1.I. The number of hydrogen-bond acceptors (Lipinski definition) is 4. The monoisotopic (exact) mass is 517 g/mol. The number of benzene rings is 1. The first-order valence-electron chi connectivity index (χ1n) is 10.7. The fraction of sp³-hybridized carbons (Fsp3) is 0.682. The van der Waals surface area contributed by atoms with Crippen molar-refractivity contribution < 1.29 is 14.2 Å². The Morgan fingerprint density at radius 3 is 2.76 bits per heavy atom. The molecule has 3 rings (SSSR count). The Kier molecular flexibility index (Phi) is 11.3. The minimum Gasteiger partial charge on any atom is -0.375 e. The molecule has 1 aromatic carbocycles. The predicted octanol–water partition coefficient (Wildman–Crippen LogP) is 3.62. The molecular formula is C22H36IN3O3. The van der Waals surface area contributed by atoms with Crippen molar-refractivity contribution in [2.24, 2.45) is 4.99 Å². The van der Waals surface area contributed by atoms with E-state index < -0.39 is 0 Å². The molecule has 2 saturated heterocycles. The lowest BCUT2D eigenvalue weighted by molar-refractivity contribution is -0.0817. The average Bonchev–Trinajstić information content (AvgIpc) is 3.28. The van der Waals surface area contributed by atoms with Crippen LogP contribution in [0.15, 0.2) is 35.3 Å². The van der Waals surface area contributed by atoms with Crippen molar-refractivity contribution in [3.63, 3.8) is 0 Å². The maximum Gasteiger partial charge on any atom is 0.194 e. The van der Waals surface area contributed by atoms with Gasteiger partial charge in [0.2, 0.25) is 0 Å². The summed E-state index contributed by atoms with van der Waals surface area (Å²) in [6.07, 6.45) is 3.65. The number of rotatable bonds is 8. The summed E-state index contributed by atoms with van der Waals surface area (Å²) in [5.74, 6) is 0.977. The van der Waals surface area contributed by atoms with Gasteiger partial charge in [-0.1, -0.05) is 30.3 Å². The zero-order valence-electron chi connectivity index (χ0n) is 17.7. The van der Waals surface area contributed by atoms with Crippen molar-refractivity contribution >= 4 is 29.9 Å². The van der Waals surface area contributed by atoms with Gasteiger partial charge in [0.05, 0.1) is 18.8 Å². The second-order valence-electron chi connectivity index (χ2n) is 7.42. The fourth-order valence-corrected chi connectivity index (χ4v) is 3.74. The van der Waals surface area contributed by atoms with Gasteiger partial charge in [0.15, 0.2) is 5.96 Å². The number of halogens is 1. The summed E-state index contributed by atoms with van der Waals surface area (Å²) < 4.78 is 17.7. The van der Waals surface area contributed by atoms with E-state index in [1.807, 2.05) is 18.2 Å². The molecule has 2 heterocycles. The fourth-order valence-electron chi connectivity index (χ4n) is 3.74. The van der Waals surface area contributed by atoms with E-state index >= 15 is 0 Å². The molecule has 0 aromatic heterocycles. The van der Waals surface area contributed by atoms with Gasteiger partial charge in [0, 0.05) is 39.4 Å². The number of hydrogen-bond donors (Lipinski definition) is 1. The van der Waals surface area contributed by atoms with Crippen molar-refractivity contribution in [3.05, 3.63) is 35.9 Å². The van der Waals surface area contributed by atoms with Gasteiger partial charge in [-0.15, -0.1) is 24.0 Å². The molecule has 1 aromatic rings. The van der Waals surface area contributed by atoms with Crippen molar-refractivity contribution in [2.45, 2.75) is 51.4 Å². The molecule has 0 aliphatic carbocycles. The van der Waals surface area contributed by atoms with Gasteiger partial charge in [-0.2, -0.15) is 0 Å². The van der Waals surface area contributed by atoms with Gasteiger partial charge in [0.1, 0.15) is 6.10 Å². The minimum atomic E-state index is 0. The molecule has 164 valence electrons. The maximum atomic E-state index is 5.96. The van der Waals surface area contributed by atoms with E-state index in [4.69, 9.17) is 19.2 Å². The highest BCUT2D eigenvalue weighted by atomic mass is 127. The summed E-state index contributed by atoms with van der Waals surface area (Å²) in [6.45, 7) is 9.84. The molecule has 7 heteroatoms. The third-order valence-corrected chi connectivity index (χ3v) is 5.31. The second-order valence-corrected chi connectivity index (χ2v) is 7.42. The molecule has 0 bridgehead atoms. The summed E-state index contributed by atoms with van der Waals surface area (Å²) in [7, 11) is 0. The smallest absolute Gasteiger partial charge is 0.194 e. The zero-order chi connectivity index (χ0) is 19.6. The topological polar surface area (TPSA) is 55.3 Å². The Hall–Kier alpha value is -0.900. The van der Waals surface area contributed by atoms with Gasteiger partial charge < -0.3 is 24.4 Å². The van der Waals surface area contributed by atoms with Crippen molar-refractivity contribution in [1.29, 1.82) is 0 Å². The largest absolute Gasteiger partial charge is 0.375 e. The molecule has 3 atom stereocenters. The van der Waals surface area contributed by atoms with E-state index in [0.29, 0.717) is 6.61 Å². The summed E-state index contributed by atoms with van der Waals surface area (Å²) in [5.41, 5.74) is 1.22. The third kappa shape index (κ3) is 7.70. The molecule has 1 N–H and O–H groups in total. The molecule has 0 amide bonds. The minimum absolute atomic E-state index is 0. The van der Waals surface area contributed by atoms with Crippen LogP contribution < -0.4 is 5.32 Å². The van der Waals surface area contributed by atoms with Crippen molar-refractivity contribution in [2.75, 3.05) is 46.0 Å². The summed E-state index contributed by atoms with van der Waals surface area (Å²) in [6, 6.07) is 10.3. The first kappa shape index (κ1) is 24.4. The van der Waals surface area contributed by atoms with Crippen molar-refractivity contribution in [1.82, 2.24) is 10.2 Å². The normalized spacial score (nSPS) is 23.5. The van der Waals surface area contributed by atoms with E-state index in [2.05, 4.69) is 36.2 Å². The van der Waals surface area contributed by atoms with Crippen LogP contribution in [0.3, 0.4) is 0 Å². The number of nitrogens with zero attached hydrogens (tertiary/aromatic N) is 2. The van der Waals surface area contributed by atoms with Gasteiger partial charge in [-0.05, 0) is 38.7 Å². The lowest BCUT2D eigenvalue weighted by Crippen LogP contribution is -2.53. The summed E-state index contributed by atoms with van der Waals surface area (Å²) in [5, 5.41) is 3.43. The number of morpholine rings is 1. The van der Waals surface area contributed by atoms with Crippen LogP contribution in [0.4, 0.5) is 0 Å². The van der Waals surface area contributed by atoms with Crippen LogP contribution in [0.5, 0.6) is 0 Å². The van der Waals surface area contributed by atoms with E-state index in [-0.39, 0.29) is 42.3 Å². The van der Waals surface area contributed by atoms with Crippen LogP contribution in [-0.2, 0) is 14.2 Å². The Balaban J connectivity index is 0.00000300.